The van der Waals surface area contributed by atoms with Crippen LogP contribution in [-0.2, 0) is 0 Å². The Bertz CT molecular complexity index is 400. The van der Waals surface area contributed by atoms with Gasteiger partial charge in [-0.1, -0.05) is 12.1 Å². The van der Waals surface area contributed by atoms with Gasteiger partial charge in [0.25, 0.3) is 0 Å². The maximum atomic E-state index is 12.5. The van der Waals surface area contributed by atoms with Gasteiger partial charge in [0.05, 0.1) is 5.56 Å². The fourth-order valence-corrected chi connectivity index (χ4v) is 0.960. The Morgan fingerprint density at radius 2 is 1.71 bits per heavy atom. The first-order valence-corrected chi connectivity index (χ1v) is 4.39. The van der Waals surface area contributed by atoms with Crippen LogP contribution in [0.5, 0.6) is 5.75 Å². The molecule has 2 nitrogen and oxygen atoms in total. The zero-order valence-electron chi connectivity index (χ0n) is 8.30. The Hall–Kier alpha value is -1.66. The first kappa shape index (κ1) is 13.4. The highest BCUT2D eigenvalue weighted by atomic mass is 19.4. The summed E-state index contributed by atoms with van der Waals surface area (Å²) in [5.41, 5.74) is -0.0922. The topological polar surface area (TPSA) is 26.3 Å². The van der Waals surface area contributed by atoms with E-state index in [1.807, 2.05) is 0 Å². The van der Waals surface area contributed by atoms with Gasteiger partial charge in [0, 0.05) is 0 Å². The van der Waals surface area contributed by atoms with Crippen LogP contribution in [0.2, 0.25) is 0 Å². The number of hydrogen-bond acceptors (Lipinski definition) is 2. The minimum atomic E-state index is -5.68. The molecule has 0 amide bonds. The van der Waals surface area contributed by atoms with Gasteiger partial charge in [0.2, 0.25) is 0 Å². The van der Waals surface area contributed by atoms with Crippen LogP contribution in [0, 0.1) is 0 Å². The number of ether oxygens (including phenoxy) is 1. The molecule has 0 saturated heterocycles. The minimum absolute atomic E-state index is 0.0922. The smallest absolute Gasteiger partial charge is 0.456 e. The van der Waals surface area contributed by atoms with Gasteiger partial charge in [-0.3, -0.25) is 4.79 Å². The lowest BCUT2D eigenvalue weighted by Gasteiger charge is -2.20. The van der Waals surface area contributed by atoms with Gasteiger partial charge < -0.3 is 4.74 Å². The molecule has 0 radical (unpaired) electrons. The average Bonchev–Trinajstić information content (AvgIpc) is 2.25. The summed E-state index contributed by atoms with van der Waals surface area (Å²) in [6.45, 7) is -1.86. The first-order chi connectivity index (χ1) is 7.78. The number of carbonyl (C=O) groups is 1. The molecular weight excluding hydrogens is 247 g/mol. The van der Waals surface area contributed by atoms with E-state index in [2.05, 4.69) is 4.74 Å². The molecule has 0 spiro atoms. The molecule has 0 aliphatic rings. The number of carbonyl (C=O) groups excluding carboxylic acids is 1. The fourth-order valence-electron chi connectivity index (χ4n) is 0.960. The van der Waals surface area contributed by atoms with Crippen LogP contribution in [-0.4, -0.2) is 25.0 Å². The molecule has 0 aromatic heterocycles. The lowest BCUT2D eigenvalue weighted by atomic mass is 10.2. The predicted octanol–water partition coefficient (Wildman–Crippen LogP) is 3.08. The number of rotatable bonds is 4. The van der Waals surface area contributed by atoms with Crippen LogP contribution in [0.4, 0.5) is 22.0 Å². The van der Waals surface area contributed by atoms with E-state index in [0.29, 0.717) is 6.29 Å². The molecule has 0 fully saturated rings. The third-order valence-electron chi connectivity index (χ3n) is 1.87. The van der Waals surface area contributed by atoms with E-state index in [4.69, 9.17) is 0 Å². The number of alkyl halides is 5. The van der Waals surface area contributed by atoms with E-state index < -0.39 is 18.7 Å². The molecule has 0 bridgehead atoms. The molecule has 94 valence electrons. The summed E-state index contributed by atoms with van der Waals surface area (Å²) in [7, 11) is 0. The van der Waals surface area contributed by atoms with Crippen molar-refractivity contribution in [2.75, 3.05) is 6.61 Å². The zero-order chi connectivity index (χ0) is 13.1. The molecule has 17 heavy (non-hydrogen) atoms. The number of para-hydroxylation sites is 1. The number of aldehydes is 1. The average molecular weight is 254 g/mol. The van der Waals surface area contributed by atoms with Crippen LogP contribution in [0.1, 0.15) is 10.4 Å². The second kappa shape index (κ2) is 4.68. The zero-order valence-corrected chi connectivity index (χ0v) is 8.30. The van der Waals surface area contributed by atoms with Gasteiger partial charge in [-0.2, -0.15) is 22.0 Å². The molecule has 7 heteroatoms. The largest absolute Gasteiger partial charge is 0.486 e. The van der Waals surface area contributed by atoms with Crippen molar-refractivity contribution >= 4 is 6.29 Å². The Kier molecular flexibility index (Phi) is 3.69. The SMILES string of the molecule is O=Cc1ccccc1OCC(F)(F)C(F)(F)F. The lowest BCUT2D eigenvalue weighted by Crippen LogP contribution is -2.41. The van der Waals surface area contributed by atoms with Gasteiger partial charge in [-0.15, -0.1) is 0 Å². The van der Waals surface area contributed by atoms with E-state index in [-0.39, 0.29) is 11.3 Å². The number of halogens is 5. The van der Waals surface area contributed by atoms with Crippen molar-refractivity contribution < 1.29 is 31.5 Å². The lowest BCUT2D eigenvalue weighted by molar-refractivity contribution is -0.290. The van der Waals surface area contributed by atoms with Crippen molar-refractivity contribution in [1.29, 1.82) is 0 Å². The molecule has 1 aromatic rings. The molecule has 0 heterocycles. The number of hydrogen-bond donors (Lipinski definition) is 0. The van der Waals surface area contributed by atoms with Gasteiger partial charge in [-0.25, -0.2) is 0 Å². The summed E-state index contributed by atoms with van der Waals surface area (Å²) >= 11 is 0. The summed E-state index contributed by atoms with van der Waals surface area (Å²) in [5, 5.41) is 0. The molecule has 0 N–H and O–H groups in total. The van der Waals surface area contributed by atoms with Gasteiger partial charge in [0.15, 0.2) is 12.9 Å². The maximum absolute atomic E-state index is 12.5. The van der Waals surface area contributed by atoms with Crippen LogP contribution < -0.4 is 4.74 Å². The van der Waals surface area contributed by atoms with Crippen LogP contribution in [0.25, 0.3) is 0 Å². The molecule has 0 saturated carbocycles. The molecule has 0 aliphatic carbocycles. The standard InChI is InChI=1S/C10H7F5O2/c11-9(12,10(13,14)15)6-17-8-4-2-1-3-7(8)5-16/h1-5H,6H2. The summed E-state index contributed by atoms with van der Waals surface area (Å²) in [4.78, 5) is 10.5. The normalized spacial score (nSPS) is 12.3. The molecule has 0 atom stereocenters. The van der Waals surface area contributed by atoms with Gasteiger partial charge in [0.1, 0.15) is 5.75 Å². The van der Waals surface area contributed by atoms with Crippen molar-refractivity contribution in [2.45, 2.75) is 12.1 Å². The van der Waals surface area contributed by atoms with E-state index in [1.165, 1.54) is 18.2 Å². The van der Waals surface area contributed by atoms with Crippen LogP contribution >= 0.6 is 0 Å². The van der Waals surface area contributed by atoms with E-state index in [0.717, 1.165) is 6.07 Å². The second-order valence-electron chi connectivity index (χ2n) is 3.15. The molecule has 1 rings (SSSR count). The van der Waals surface area contributed by atoms with E-state index in [9.17, 15) is 26.7 Å². The third kappa shape index (κ3) is 3.15. The highest BCUT2D eigenvalue weighted by molar-refractivity contribution is 5.79. The maximum Gasteiger partial charge on any atom is 0.456 e. The van der Waals surface area contributed by atoms with Crippen LogP contribution in [0.3, 0.4) is 0 Å². The third-order valence-corrected chi connectivity index (χ3v) is 1.87. The van der Waals surface area contributed by atoms with E-state index in [1.54, 1.807) is 0 Å². The Labute approximate surface area is 93.0 Å². The highest BCUT2D eigenvalue weighted by Crippen LogP contribution is 2.35. The Morgan fingerprint density at radius 1 is 1.12 bits per heavy atom. The molecule has 0 unspecified atom stereocenters. The number of benzene rings is 1. The summed E-state index contributed by atoms with van der Waals surface area (Å²) in [6, 6.07) is 5.16. The Balaban J connectivity index is 2.77. The van der Waals surface area contributed by atoms with Crippen LogP contribution in [0.15, 0.2) is 24.3 Å². The van der Waals surface area contributed by atoms with Crippen molar-refractivity contribution in [2.24, 2.45) is 0 Å². The fraction of sp³-hybridized carbons (Fsp3) is 0.300. The molecular formula is C10H7F5O2. The quantitative estimate of drug-likeness (QED) is 0.609. The molecule has 1 aromatic carbocycles. The minimum Gasteiger partial charge on any atom is -0.486 e. The monoisotopic (exact) mass is 254 g/mol. The second-order valence-corrected chi connectivity index (χ2v) is 3.15. The van der Waals surface area contributed by atoms with Crippen molar-refractivity contribution in [3.8, 4) is 5.75 Å². The molecule has 0 aliphatic heterocycles. The predicted molar refractivity (Wildman–Crippen MR) is 48.3 cm³/mol. The van der Waals surface area contributed by atoms with Gasteiger partial charge in [-0.05, 0) is 12.1 Å². The first-order valence-electron chi connectivity index (χ1n) is 4.39. The summed E-state index contributed by atoms with van der Waals surface area (Å²) in [5.74, 6) is -5.27. The summed E-state index contributed by atoms with van der Waals surface area (Å²) in [6.07, 6.45) is -5.37. The van der Waals surface area contributed by atoms with Gasteiger partial charge >= 0.3 is 12.1 Å². The van der Waals surface area contributed by atoms with Crippen molar-refractivity contribution in [3.05, 3.63) is 29.8 Å². The van der Waals surface area contributed by atoms with Crippen molar-refractivity contribution in [3.63, 3.8) is 0 Å². The Morgan fingerprint density at radius 3 is 2.24 bits per heavy atom. The summed E-state index contributed by atoms with van der Waals surface area (Å²) < 4.78 is 64.8. The van der Waals surface area contributed by atoms with E-state index >= 15 is 0 Å². The highest BCUT2D eigenvalue weighted by Gasteiger charge is 2.58. The van der Waals surface area contributed by atoms with Crippen molar-refractivity contribution in [1.82, 2.24) is 0 Å².